The number of fused-ring (bicyclic) bond motifs is 1. The number of hydrogen-bond donors (Lipinski definition) is 3. The molecule has 0 saturated carbocycles. The molecule has 1 heterocycles. The fourth-order valence-electron chi connectivity index (χ4n) is 4.33. The first-order valence-electron chi connectivity index (χ1n) is 10.9. The number of benzene rings is 2. The van der Waals surface area contributed by atoms with Crippen molar-refractivity contribution >= 4 is 22.8 Å². The molecule has 3 aromatic rings. The number of nitrogens with zero attached hydrogens (tertiary/aromatic N) is 1. The van der Waals surface area contributed by atoms with E-state index in [1.807, 2.05) is 0 Å². The lowest BCUT2D eigenvalue weighted by atomic mass is 9.73. The molecular weight excluding hydrogens is 482 g/mol. The molecule has 0 saturated heterocycles. The maximum atomic E-state index is 14.2. The lowest BCUT2D eigenvalue weighted by Gasteiger charge is -2.38. The van der Waals surface area contributed by atoms with E-state index in [2.05, 4.69) is 4.98 Å². The standard InChI is InChI=1S/C25H27F4N3O4/c1-23(2,18-11-16(26)6-8-20(18)36-4)13-24(35,25(27,28)29)12-17-10-15-9-14(5-7-19(15)31-17)21(33)32(3)22(30)34/h5-11,31,35H,12-13H2,1-4H3,(H2,30,34). The number of nitrogens with one attached hydrogen (secondary N) is 1. The van der Waals surface area contributed by atoms with E-state index in [1.54, 1.807) is 0 Å². The number of urea groups is 1. The average Bonchev–Trinajstić information content (AvgIpc) is 3.17. The van der Waals surface area contributed by atoms with Crippen molar-refractivity contribution in [2.75, 3.05) is 14.2 Å². The summed E-state index contributed by atoms with van der Waals surface area (Å²) in [6.45, 7) is 2.94. The van der Waals surface area contributed by atoms with Crippen molar-refractivity contribution in [2.24, 2.45) is 5.73 Å². The summed E-state index contributed by atoms with van der Waals surface area (Å²) in [6, 6.07) is 8.29. The number of halogens is 4. The molecule has 0 aliphatic rings. The van der Waals surface area contributed by atoms with E-state index in [-0.39, 0.29) is 22.6 Å². The minimum atomic E-state index is -5.02. The third-order valence-corrected chi connectivity index (χ3v) is 6.19. The summed E-state index contributed by atoms with van der Waals surface area (Å²) in [7, 11) is 2.53. The number of imide groups is 1. The smallest absolute Gasteiger partial charge is 0.417 e. The summed E-state index contributed by atoms with van der Waals surface area (Å²) < 4.78 is 61.8. The maximum Gasteiger partial charge on any atom is 0.417 e. The van der Waals surface area contributed by atoms with E-state index < -0.39 is 47.8 Å². The number of ether oxygens (including phenoxy) is 1. The number of H-pyrrole nitrogens is 1. The Balaban J connectivity index is 1.97. The highest BCUT2D eigenvalue weighted by Gasteiger charge is 2.56. The lowest BCUT2D eigenvalue weighted by molar-refractivity contribution is -0.266. The van der Waals surface area contributed by atoms with Crippen LogP contribution in [0.2, 0.25) is 0 Å². The first-order valence-corrected chi connectivity index (χ1v) is 10.9. The van der Waals surface area contributed by atoms with E-state index in [4.69, 9.17) is 10.5 Å². The van der Waals surface area contributed by atoms with Crippen LogP contribution in [0.5, 0.6) is 5.75 Å². The number of rotatable bonds is 7. The minimum Gasteiger partial charge on any atom is -0.496 e. The Morgan fingerprint density at radius 2 is 1.78 bits per heavy atom. The van der Waals surface area contributed by atoms with E-state index in [0.717, 1.165) is 12.1 Å². The zero-order valence-electron chi connectivity index (χ0n) is 20.2. The molecule has 0 fully saturated rings. The number of methoxy groups -OCH3 is 1. The van der Waals surface area contributed by atoms with E-state index >= 15 is 0 Å². The SMILES string of the molecule is COc1ccc(F)cc1C(C)(C)CC(O)(Cc1cc2cc(C(=O)N(C)C(N)=O)ccc2[nH]1)C(F)(F)F. The zero-order chi connectivity index (χ0) is 27.1. The number of alkyl halides is 3. The highest BCUT2D eigenvalue weighted by atomic mass is 19.4. The predicted octanol–water partition coefficient (Wildman–Crippen LogP) is 4.67. The van der Waals surface area contributed by atoms with Gasteiger partial charge in [0.05, 0.1) is 7.11 Å². The number of aromatic amines is 1. The average molecular weight is 510 g/mol. The van der Waals surface area contributed by atoms with Gasteiger partial charge >= 0.3 is 12.2 Å². The summed E-state index contributed by atoms with van der Waals surface area (Å²) in [5.74, 6) is -1.11. The predicted molar refractivity (Wildman–Crippen MR) is 125 cm³/mol. The van der Waals surface area contributed by atoms with Gasteiger partial charge in [0.2, 0.25) is 0 Å². The van der Waals surface area contributed by atoms with Crippen LogP contribution in [-0.4, -0.2) is 52.9 Å². The van der Waals surface area contributed by atoms with Crippen LogP contribution >= 0.6 is 0 Å². The second kappa shape index (κ2) is 9.45. The Morgan fingerprint density at radius 1 is 1.11 bits per heavy atom. The summed E-state index contributed by atoms with van der Waals surface area (Å²) in [5.41, 5.74) is 1.40. The monoisotopic (exact) mass is 509 g/mol. The number of hydrogen-bond acceptors (Lipinski definition) is 4. The van der Waals surface area contributed by atoms with Crippen molar-refractivity contribution in [2.45, 2.75) is 43.9 Å². The molecule has 36 heavy (non-hydrogen) atoms. The van der Waals surface area contributed by atoms with Crippen molar-refractivity contribution < 1.29 is 37.0 Å². The molecule has 0 aliphatic heterocycles. The van der Waals surface area contributed by atoms with Crippen LogP contribution in [-0.2, 0) is 11.8 Å². The molecule has 3 rings (SSSR count). The maximum absolute atomic E-state index is 14.2. The Hall–Kier alpha value is -3.60. The van der Waals surface area contributed by atoms with Crippen LogP contribution in [0.1, 0.15) is 41.9 Å². The molecule has 7 nitrogen and oxygen atoms in total. The van der Waals surface area contributed by atoms with Gasteiger partial charge < -0.3 is 20.6 Å². The third kappa shape index (κ3) is 5.30. The zero-order valence-corrected chi connectivity index (χ0v) is 20.2. The number of nitrogens with two attached hydrogens (primary N) is 1. The number of aromatic nitrogens is 1. The number of aliphatic hydroxyl groups is 1. The van der Waals surface area contributed by atoms with E-state index in [9.17, 15) is 32.3 Å². The fraction of sp³-hybridized carbons (Fsp3) is 0.360. The van der Waals surface area contributed by atoms with E-state index in [1.165, 1.54) is 58.3 Å². The normalized spacial score (nSPS) is 13.9. The summed E-state index contributed by atoms with van der Waals surface area (Å²) in [5, 5.41) is 11.3. The van der Waals surface area contributed by atoms with Crippen molar-refractivity contribution in [3.63, 3.8) is 0 Å². The molecule has 11 heteroatoms. The van der Waals surface area contributed by atoms with Crippen LogP contribution in [0.15, 0.2) is 42.5 Å². The molecular formula is C25H27F4N3O4. The van der Waals surface area contributed by atoms with Crippen molar-refractivity contribution in [3.8, 4) is 5.75 Å². The van der Waals surface area contributed by atoms with E-state index in [0.29, 0.717) is 15.8 Å². The Labute approximate surface area is 204 Å². The summed E-state index contributed by atoms with van der Waals surface area (Å²) in [6.07, 6.45) is -6.63. The van der Waals surface area contributed by atoms with Gasteiger partial charge in [-0.2, -0.15) is 13.2 Å². The summed E-state index contributed by atoms with van der Waals surface area (Å²) >= 11 is 0. The Morgan fingerprint density at radius 3 is 2.36 bits per heavy atom. The number of carbonyl (C=O) groups excluding carboxylic acids is 2. The third-order valence-electron chi connectivity index (χ3n) is 6.19. The van der Waals surface area contributed by atoms with Crippen LogP contribution in [0, 0.1) is 5.82 Å². The number of carbonyl (C=O) groups is 2. The van der Waals surface area contributed by atoms with Gasteiger partial charge in [-0.05, 0) is 54.3 Å². The van der Waals surface area contributed by atoms with Gasteiger partial charge in [0, 0.05) is 41.2 Å². The molecule has 0 bridgehead atoms. The molecule has 0 spiro atoms. The molecule has 4 N–H and O–H groups in total. The second-order valence-electron chi connectivity index (χ2n) is 9.41. The first kappa shape index (κ1) is 27.0. The number of amides is 3. The molecule has 0 aliphatic carbocycles. The van der Waals surface area contributed by atoms with Crippen LogP contribution < -0.4 is 10.5 Å². The van der Waals surface area contributed by atoms with Gasteiger partial charge in [0.1, 0.15) is 11.6 Å². The molecule has 1 atom stereocenters. The molecule has 1 aromatic heterocycles. The van der Waals surface area contributed by atoms with Crippen molar-refractivity contribution in [3.05, 3.63) is 65.1 Å². The van der Waals surface area contributed by atoms with Crippen molar-refractivity contribution in [1.82, 2.24) is 9.88 Å². The van der Waals surface area contributed by atoms with Crippen molar-refractivity contribution in [1.29, 1.82) is 0 Å². The van der Waals surface area contributed by atoms with Crippen LogP contribution in [0.25, 0.3) is 10.9 Å². The molecule has 194 valence electrons. The largest absolute Gasteiger partial charge is 0.496 e. The highest BCUT2D eigenvalue weighted by Crippen LogP contribution is 2.45. The van der Waals surface area contributed by atoms with Gasteiger partial charge in [-0.25, -0.2) is 9.18 Å². The number of primary amides is 1. The van der Waals surface area contributed by atoms with Gasteiger partial charge in [0.15, 0.2) is 5.60 Å². The van der Waals surface area contributed by atoms with Gasteiger partial charge in [-0.15, -0.1) is 0 Å². The fourth-order valence-corrected chi connectivity index (χ4v) is 4.33. The topological polar surface area (TPSA) is 109 Å². The molecule has 2 aromatic carbocycles. The summed E-state index contributed by atoms with van der Waals surface area (Å²) in [4.78, 5) is 27.2. The molecule has 0 radical (unpaired) electrons. The van der Waals surface area contributed by atoms with Crippen LogP contribution in [0.3, 0.4) is 0 Å². The molecule has 1 unspecified atom stereocenters. The van der Waals surface area contributed by atoms with Crippen LogP contribution in [0.4, 0.5) is 22.4 Å². The van der Waals surface area contributed by atoms with Gasteiger partial charge in [-0.1, -0.05) is 13.8 Å². The Kier molecular flexibility index (Phi) is 7.09. The quantitative estimate of drug-likeness (QED) is 0.402. The first-order chi connectivity index (χ1) is 16.6. The highest BCUT2D eigenvalue weighted by molar-refractivity contribution is 6.05. The van der Waals surface area contributed by atoms with Gasteiger partial charge in [-0.3, -0.25) is 9.69 Å². The Bertz CT molecular complexity index is 1300. The van der Waals surface area contributed by atoms with Gasteiger partial charge in [0.25, 0.3) is 5.91 Å². The minimum absolute atomic E-state index is 0.0692. The second-order valence-corrected chi connectivity index (χ2v) is 9.41. The molecule has 3 amide bonds. The lowest BCUT2D eigenvalue weighted by Crippen LogP contribution is -2.51.